The molecule has 0 saturated heterocycles. The molecule has 0 aromatic rings. The lowest BCUT2D eigenvalue weighted by Crippen LogP contribution is -2.33. The molecule has 1 saturated carbocycles. The number of nitrogens with zero attached hydrogens (tertiary/aromatic N) is 1. The molecule has 2 unspecified atom stereocenters. The van der Waals surface area contributed by atoms with Crippen LogP contribution >= 0.6 is 0 Å². The molecule has 94 valence electrons. The molecule has 1 aliphatic rings. The molecule has 1 rings (SSSR count). The zero-order valence-corrected chi connectivity index (χ0v) is 10.8. The number of guanidine groups is 1. The summed E-state index contributed by atoms with van der Waals surface area (Å²) in [6, 6.07) is 0. The van der Waals surface area contributed by atoms with E-state index in [-0.39, 0.29) is 0 Å². The SMILES string of the molecule is CCCN=C(N)NCCC1CCCC(C)C1. The van der Waals surface area contributed by atoms with Crippen molar-refractivity contribution in [3.63, 3.8) is 0 Å². The smallest absolute Gasteiger partial charge is 0.188 e. The topological polar surface area (TPSA) is 50.4 Å². The Hall–Kier alpha value is -0.730. The van der Waals surface area contributed by atoms with Crippen molar-refractivity contribution in [3.05, 3.63) is 0 Å². The molecule has 16 heavy (non-hydrogen) atoms. The molecule has 3 heteroatoms. The number of hydrogen-bond acceptors (Lipinski definition) is 1. The molecular weight excluding hydrogens is 198 g/mol. The third-order valence-corrected chi connectivity index (χ3v) is 3.41. The summed E-state index contributed by atoms with van der Waals surface area (Å²) >= 11 is 0. The van der Waals surface area contributed by atoms with Crippen molar-refractivity contribution in [2.24, 2.45) is 22.6 Å². The van der Waals surface area contributed by atoms with Crippen LogP contribution in [0.15, 0.2) is 4.99 Å². The van der Waals surface area contributed by atoms with Crippen LogP contribution < -0.4 is 11.1 Å². The minimum absolute atomic E-state index is 0.616. The third-order valence-electron chi connectivity index (χ3n) is 3.41. The van der Waals surface area contributed by atoms with Crippen LogP contribution in [0.4, 0.5) is 0 Å². The van der Waals surface area contributed by atoms with Gasteiger partial charge in [-0.25, -0.2) is 0 Å². The maximum atomic E-state index is 5.74. The first kappa shape index (κ1) is 13.3. The second-order valence-electron chi connectivity index (χ2n) is 5.12. The van der Waals surface area contributed by atoms with Crippen molar-refractivity contribution < 1.29 is 0 Å². The van der Waals surface area contributed by atoms with Crippen LogP contribution in [-0.2, 0) is 0 Å². The lowest BCUT2D eigenvalue weighted by molar-refractivity contribution is 0.270. The lowest BCUT2D eigenvalue weighted by Gasteiger charge is -2.26. The Morgan fingerprint density at radius 3 is 2.94 bits per heavy atom. The Morgan fingerprint density at radius 1 is 1.44 bits per heavy atom. The molecule has 0 radical (unpaired) electrons. The van der Waals surface area contributed by atoms with Crippen molar-refractivity contribution in [1.82, 2.24) is 5.32 Å². The lowest BCUT2D eigenvalue weighted by atomic mass is 9.81. The standard InChI is InChI=1S/C13H27N3/c1-3-8-15-13(14)16-9-7-12-6-4-5-11(2)10-12/h11-12H,3-10H2,1-2H3,(H3,14,15,16). The molecule has 0 aromatic carbocycles. The quantitative estimate of drug-likeness (QED) is 0.558. The Bertz CT molecular complexity index is 213. The van der Waals surface area contributed by atoms with Crippen molar-refractivity contribution in [2.75, 3.05) is 13.1 Å². The average Bonchev–Trinajstić information content (AvgIpc) is 2.26. The van der Waals surface area contributed by atoms with Gasteiger partial charge in [0.25, 0.3) is 0 Å². The van der Waals surface area contributed by atoms with E-state index >= 15 is 0 Å². The molecule has 0 aliphatic heterocycles. The number of nitrogens with one attached hydrogen (secondary N) is 1. The highest BCUT2D eigenvalue weighted by molar-refractivity contribution is 5.77. The van der Waals surface area contributed by atoms with Crippen LogP contribution in [0.2, 0.25) is 0 Å². The molecule has 0 amide bonds. The summed E-state index contributed by atoms with van der Waals surface area (Å²) in [5, 5.41) is 3.21. The van der Waals surface area contributed by atoms with E-state index in [0.717, 1.165) is 31.3 Å². The molecule has 0 bridgehead atoms. The summed E-state index contributed by atoms with van der Waals surface area (Å²) in [5.74, 6) is 2.44. The van der Waals surface area contributed by atoms with E-state index in [4.69, 9.17) is 5.73 Å². The van der Waals surface area contributed by atoms with E-state index in [0.29, 0.717) is 5.96 Å². The Labute approximate surface area is 99.9 Å². The van der Waals surface area contributed by atoms with E-state index in [2.05, 4.69) is 24.2 Å². The number of nitrogens with two attached hydrogens (primary N) is 1. The highest BCUT2D eigenvalue weighted by Crippen LogP contribution is 2.30. The Morgan fingerprint density at radius 2 is 2.25 bits per heavy atom. The molecule has 3 nitrogen and oxygen atoms in total. The largest absolute Gasteiger partial charge is 0.370 e. The highest BCUT2D eigenvalue weighted by Gasteiger charge is 2.18. The highest BCUT2D eigenvalue weighted by atomic mass is 15.1. The summed E-state index contributed by atoms with van der Waals surface area (Å²) in [4.78, 5) is 4.22. The van der Waals surface area contributed by atoms with Crippen molar-refractivity contribution in [3.8, 4) is 0 Å². The van der Waals surface area contributed by atoms with Gasteiger partial charge < -0.3 is 11.1 Å². The van der Waals surface area contributed by atoms with E-state index < -0.39 is 0 Å². The Kier molecular flexibility index (Phi) is 6.27. The van der Waals surface area contributed by atoms with Gasteiger partial charge in [-0.05, 0) is 31.1 Å². The van der Waals surface area contributed by atoms with Gasteiger partial charge in [0.15, 0.2) is 5.96 Å². The second-order valence-corrected chi connectivity index (χ2v) is 5.12. The van der Waals surface area contributed by atoms with Gasteiger partial charge in [0.2, 0.25) is 0 Å². The predicted octanol–water partition coefficient (Wildman–Crippen LogP) is 2.52. The van der Waals surface area contributed by atoms with Gasteiger partial charge in [-0.1, -0.05) is 33.1 Å². The molecule has 2 atom stereocenters. The van der Waals surface area contributed by atoms with Crippen LogP contribution in [0.3, 0.4) is 0 Å². The van der Waals surface area contributed by atoms with Crippen LogP contribution in [0.1, 0.15) is 52.4 Å². The minimum Gasteiger partial charge on any atom is -0.370 e. The molecular formula is C13H27N3. The zero-order valence-electron chi connectivity index (χ0n) is 10.8. The fraction of sp³-hybridized carbons (Fsp3) is 0.923. The molecule has 0 heterocycles. The maximum Gasteiger partial charge on any atom is 0.188 e. The van der Waals surface area contributed by atoms with Crippen LogP contribution in [0, 0.1) is 11.8 Å². The first-order valence-corrected chi connectivity index (χ1v) is 6.76. The summed E-state index contributed by atoms with van der Waals surface area (Å²) in [6.45, 7) is 6.30. The molecule has 0 aromatic heterocycles. The number of hydrogen-bond donors (Lipinski definition) is 2. The monoisotopic (exact) mass is 225 g/mol. The summed E-state index contributed by atoms with van der Waals surface area (Å²) < 4.78 is 0. The molecule has 0 spiro atoms. The van der Waals surface area contributed by atoms with Gasteiger partial charge in [-0.3, -0.25) is 4.99 Å². The summed E-state index contributed by atoms with van der Waals surface area (Å²) in [7, 11) is 0. The van der Waals surface area contributed by atoms with Crippen molar-refractivity contribution in [2.45, 2.75) is 52.4 Å². The summed E-state index contributed by atoms with van der Waals surface area (Å²) in [6.07, 6.45) is 7.93. The van der Waals surface area contributed by atoms with Gasteiger partial charge in [0, 0.05) is 13.1 Å². The van der Waals surface area contributed by atoms with E-state index in [1.807, 2.05) is 0 Å². The van der Waals surface area contributed by atoms with Crippen LogP contribution in [0.5, 0.6) is 0 Å². The molecule has 3 N–H and O–H groups in total. The van der Waals surface area contributed by atoms with Gasteiger partial charge >= 0.3 is 0 Å². The van der Waals surface area contributed by atoms with E-state index in [1.165, 1.54) is 32.1 Å². The Balaban J connectivity index is 2.10. The normalized spacial score (nSPS) is 26.8. The number of aliphatic imine (C=N–C) groups is 1. The van der Waals surface area contributed by atoms with Gasteiger partial charge in [0.1, 0.15) is 0 Å². The molecule has 1 aliphatic carbocycles. The van der Waals surface area contributed by atoms with Gasteiger partial charge in [0.05, 0.1) is 0 Å². The second kappa shape index (κ2) is 7.53. The van der Waals surface area contributed by atoms with Gasteiger partial charge in [-0.2, -0.15) is 0 Å². The van der Waals surface area contributed by atoms with Crippen molar-refractivity contribution >= 4 is 5.96 Å². The fourth-order valence-electron chi connectivity index (χ4n) is 2.51. The average molecular weight is 225 g/mol. The predicted molar refractivity (Wildman–Crippen MR) is 70.5 cm³/mol. The first-order chi connectivity index (χ1) is 7.72. The number of rotatable bonds is 5. The van der Waals surface area contributed by atoms with E-state index in [1.54, 1.807) is 0 Å². The maximum absolute atomic E-state index is 5.74. The first-order valence-electron chi connectivity index (χ1n) is 6.76. The molecule has 1 fully saturated rings. The van der Waals surface area contributed by atoms with E-state index in [9.17, 15) is 0 Å². The minimum atomic E-state index is 0.616. The van der Waals surface area contributed by atoms with Crippen LogP contribution in [0.25, 0.3) is 0 Å². The fourth-order valence-corrected chi connectivity index (χ4v) is 2.51. The van der Waals surface area contributed by atoms with Gasteiger partial charge in [-0.15, -0.1) is 0 Å². The van der Waals surface area contributed by atoms with Crippen LogP contribution in [-0.4, -0.2) is 19.0 Å². The third kappa shape index (κ3) is 5.38. The zero-order chi connectivity index (χ0) is 11.8. The summed E-state index contributed by atoms with van der Waals surface area (Å²) in [5.41, 5.74) is 5.74. The van der Waals surface area contributed by atoms with Crippen molar-refractivity contribution in [1.29, 1.82) is 0 Å².